The van der Waals surface area contributed by atoms with Crippen molar-refractivity contribution >= 4 is 28.3 Å². The minimum Gasteiger partial charge on any atom is -0.330 e. The number of hydrogen-bond acceptors (Lipinski definition) is 3. The predicted molar refractivity (Wildman–Crippen MR) is 87.0 cm³/mol. The highest BCUT2D eigenvalue weighted by molar-refractivity contribution is 7.84. The number of benzene rings is 1. The fraction of sp³-hybridized carbons (Fsp3) is 0.500. The highest BCUT2D eigenvalue weighted by atomic mass is 32.2. The molecule has 22 heavy (non-hydrogen) atoms. The maximum Gasteiger partial charge on any atom is 0.247 e. The molecule has 2 amide bonds. The first-order valence-electron chi connectivity index (χ1n) is 7.44. The zero-order valence-corrected chi connectivity index (χ0v) is 14.0. The lowest BCUT2D eigenvalue weighted by atomic mass is 10.0. The summed E-state index contributed by atoms with van der Waals surface area (Å²) in [7, 11) is -1.04. The van der Waals surface area contributed by atoms with Crippen LogP contribution in [0.25, 0.3) is 0 Å². The van der Waals surface area contributed by atoms with Gasteiger partial charge >= 0.3 is 0 Å². The molecule has 1 aromatic carbocycles. The molecule has 0 aromatic heterocycles. The van der Waals surface area contributed by atoms with Crippen LogP contribution in [0.2, 0.25) is 0 Å². The summed E-state index contributed by atoms with van der Waals surface area (Å²) < 4.78 is 11.4. The summed E-state index contributed by atoms with van der Waals surface area (Å²) in [6, 6.07) is 6.49. The van der Waals surface area contributed by atoms with E-state index in [0.717, 1.165) is 6.42 Å². The van der Waals surface area contributed by atoms with Crippen molar-refractivity contribution in [3.63, 3.8) is 0 Å². The van der Waals surface area contributed by atoms with Gasteiger partial charge in [-0.2, -0.15) is 0 Å². The number of carbonyl (C=O) groups excluding carboxylic acids is 2. The Morgan fingerprint density at radius 2 is 1.91 bits per heavy atom. The van der Waals surface area contributed by atoms with Gasteiger partial charge in [-0.05, 0) is 36.6 Å². The molecule has 1 aromatic rings. The van der Waals surface area contributed by atoms with E-state index in [9.17, 15) is 13.8 Å². The molecular weight excluding hydrogens is 300 g/mol. The van der Waals surface area contributed by atoms with Gasteiger partial charge in [-0.3, -0.25) is 13.8 Å². The Morgan fingerprint density at radius 3 is 2.36 bits per heavy atom. The third-order valence-corrected chi connectivity index (χ3v) is 4.74. The van der Waals surface area contributed by atoms with E-state index in [1.54, 1.807) is 35.4 Å². The zero-order valence-electron chi connectivity index (χ0n) is 13.2. The van der Waals surface area contributed by atoms with Crippen LogP contribution >= 0.6 is 0 Å². The summed E-state index contributed by atoms with van der Waals surface area (Å²) in [5.74, 6) is -0.0781. The summed E-state index contributed by atoms with van der Waals surface area (Å²) in [5.41, 5.74) is 0.650. The maximum atomic E-state index is 12.5. The summed E-state index contributed by atoms with van der Waals surface area (Å²) in [4.78, 5) is 26.8. The van der Waals surface area contributed by atoms with Crippen molar-refractivity contribution in [1.29, 1.82) is 0 Å². The van der Waals surface area contributed by atoms with Gasteiger partial charge in [-0.1, -0.05) is 13.8 Å². The first-order chi connectivity index (χ1) is 10.4. The van der Waals surface area contributed by atoms with E-state index in [4.69, 9.17) is 0 Å². The average molecular weight is 322 g/mol. The van der Waals surface area contributed by atoms with E-state index in [1.165, 1.54) is 0 Å². The number of amides is 2. The minimum atomic E-state index is -1.04. The third kappa shape index (κ3) is 3.74. The van der Waals surface area contributed by atoms with Gasteiger partial charge in [0.2, 0.25) is 11.8 Å². The van der Waals surface area contributed by atoms with Crippen LogP contribution < -0.4 is 5.32 Å². The van der Waals surface area contributed by atoms with Gasteiger partial charge in [0.15, 0.2) is 0 Å². The molecule has 5 nitrogen and oxygen atoms in total. The van der Waals surface area contributed by atoms with E-state index in [-0.39, 0.29) is 17.7 Å². The number of nitrogens with zero attached hydrogens (tertiary/aromatic N) is 1. The quantitative estimate of drug-likeness (QED) is 0.902. The normalized spacial score (nSPS) is 17.6. The Kier molecular flexibility index (Phi) is 5.34. The summed E-state index contributed by atoms with van der Waals surface area (Å²) in [5, 5.41) is 2.86. The van der Waals surface area contributed by atoms with Gasteiger partial charge < -0.3 is 10.2 Å². The molecule has 0 radical (unpaired) electrons. The van der Waals surface area contributed by atoms with E-state index >= 15 is 0 Å². The standard InChI is InChI=1S/C16H22N2O3S/c1-11(2)15(18-10-4-5-14(18)19)16(20)17-12-6-8-13(9-7-12)22(3)21/h6-9,11,15H,4-5,10H2,1-3H3,(H,17,20)/t15-,22+/m0/s1. The zero-order chi connectivity index (χ0) is 16.3. The SMILES string of the molecule is CC(C)[C@@H](C(=O)Nc1ccc([S@@](C)=O)cc1)N1CCCC1=O. The van der Waals surface area contributed by atoms with Crippen LogP contribution in [-0.2, 0) is 20.4 Å². The molecule has 2 rings (SSSR count). The number of nitrogens with one attached hydrogen (secondary N) is 1. The first kappa shape index (κ1) is 16.7. The van der Waals surface area contributed by atoms with Crippen molar-refractivity contribution in [3.8, 4) is 0 Å². The molecule has 0 bridgehead atoms. The summed E-state index contributed by atoms with van der Waals surface area (Å²) in [6.07, 6.45) is 2.95. The molecule has 0 spiro atoms. The topological polar surface area (TPSA) is 66.5 Å². The van der Waals surface area contributed by atoms with Crippen molar-refractivity contribution in [1.82, 2.24) is 4.90 Å². The van der Waals surface area contributed by atoms with Crippen molar-refractivity contribution in [2.24, 2.45) is 5.92 Å². The van der Waals surface area contributed by atoms with Crippen LogP contribution in [0.3, 0.4) is 0 Å². The van der Waals surface area contributed by atoms with Crippen LogP contribution in [0.4, 0.5) is 5.69 Å². The fourth-order valence-electron chi connectivity index (χ4n) is 2.71. The smallest absolute Gasteiger partial charge is 0.247 e. The second-order valence-electron chi connectivity index (χ2n) is 5.85. The molecule has 120 valence electrons. The summed E-state index contributed by atoms with van der Waals surface area (Å²) >= 11 is 0. The molecule has 1 saturated heterocycles. The number of carbonyl (C=O) groups is 2. The lowest BCUT2D eigenvalue weighted by molar-refractivity contribution is -0.136. The second kappa shape index (κ2) is 7.05. The van der Waals surface area contributed by atoms with Gasteiger partial charge in [0.1, 0.15) is 6.04 Å². The van der Waals surface area contributed by atoms with Crippen LogP contribution in [-0.4, -0.2) is 39.8 Å². The van der Waals surface area contributed by atoms with Crippen LogP contribution in [0, 0.1) is 5.92 Å². The molecule has 0 aliphatic carbocycles. The number of rotatable bonds is 5. The Morgan fingerprint density at radius 1 is 1.27 bits per heavy atom. The van der Waals surface area contributed by atoms with Crippen LogP contribution in [0.5, 0.6) is 0 Å². The maximum absolute atomic E-state index is 12.5. The Hall–Kier alpha value is -1.69. The van der Waals surface area contributed by atoms with Gasteiger partial charge in [0, 0.05) is 40.6 Å². The predicted octanol–water partition coefficient (Wildman–Crippen LogP) is 2.01. The van der Waals surface area contributed by atoms with Crippen molar-refractivity contribution in [2.75, 3.05) is 18.1 Å². The molecule has 0 unspecified atom stereocenters. The van der Waals surface area contributed by atoms with Crippen molar-refractivity contribution in [2.45, 2.75) is 37.6 Å². The molecule has 0 saturated carbocycles. The Labute approximate surface area is 133 Å². The molecule has 2 atom stereocenters. The highest BCUT2D eigenvalue weighted by Crippen LogP contribution is 2.21. The second-order valence-corrected chi connectivity index (χ2v) is 7.23. The number of hydrogen-bond donors (Lipinski definition) is 1. The Balaban J connectivity index is 2.11. The lowest BCUT2D eigenvalue weighted by Crippen LogP contribution is -2.47. The van der Waals surface area contributed by atoms with Gasteiger partial charge in [-0.25, -0.2) is 0 Å². The van der Waals surface area contributed by atoms with E-state index < -0.39 is 16.8 Å². The molecule has 1 fully saturated rings. The van der Waals surface area contributed by atoms with Crippen molar-refractivity contribution in [3.05, 3.63) is 24.3 Å². The molecular formula is C16H22N2O3S. The molecule has 1 aliphatic heterocycles. The Bertz CT molecular complexity index is 584. The van der Waals surface area contributed by atoms with Crippen molar-refractivity contribution < 1.29 is 13.8 Å². The minimum absolute atomic E-state index is 0.0458. The highest BCUT2D eigenvalue weighted by Gasteiger charge is 2.34. The van der Waals surface area contributed by atoms with E-state index in [1.807, 2.05) is 13.8 Å². The molecule has 1 heterocycles. The monoisotopic (exact) mass is 322 g/mol. The van der Waals surface area contributed by atoms with Gasteiger partial charge in [0.05, 0.1) is 0 Å². The molecule has 6 heteroatoms. The summed E-state index contributed by atoms with van der Waals surface area (Å²) in [6.45, 7) is 4.53. The van der Waals surface area contributed by atoms with Gasteiger partial charge in [-0.15, -0.1) is 0 Å². The first-order valence-corrected chi connectivity index (χ1v) is 9.00. The number of likely N-dealkylation sites (tertiary alicyclic amines) is 1. The molecule has 1 N–H and O–H groups in total. The lowest BCUT2D eigenvalue weighted by Gasteiger charge is -2.29. The van der Waals surface area contributed by atoms with Crippen LogP contribution in [0.1, 0.15) is 26.7 Å². The largest absolute Gasteiger partial charge is 0.330 e. The molecule has 1 aliphatic rings. The van der Waals surface area contributed by atoms with Crippen LogP contribution in [0.15, 0.2) is 29.2 Å². The van der Waals surface area contributed by atoms with Gasteiger partial charge in [0.25, 0.3) is 0 Å². The number of anilines is 1. The van der Waals surface area contributed by atoms with E-state index in [0.29, 0.717) is 23.5 Å². The third-order valence-electron chi connectivity index (χ3n) is 3.80. The average Bonchev–Trinajstić information content (AvgIpc) is 2.85. The van der Waals surface area contributed by atoms with E-state index in [2.05, 4.69) is 5.32 Å². The fourth-order valence-corrected chi connectivity index (χ4v) is 3.23.